The third kappa shape index (κ3) is 3.20. The molecule has 0 aliphatic carbocycles. The average molecular weight is 406 g/mol. The highest BCUT2D eigenvalue weighted by molar-refractivity contribution is 6.14. The number of nitrogens with zero attached hydrogens (tertiary/aromatic N) is 2. The second kappa shape index (κ2) is 7.62. The van der Waals surface area contributed by atoms with Crippen LogP contribution in [-0.4, -0.2) is 41.7 Å². The Morgan fingerprint density at radius 2 is 1.73 bits per heavy atom. The van der Waals surface area contributed by atoms with Gasteiger partial charge in [0.25, 0.3) is 5.91 Å². The van der Waals surface area contributed by atoms with E-state index in [9.17, 15) is 19.2 Å². The van der Waals surface area contributed by atoms with E-state index in [1.165, 1.54) is 4.90 Å². The van der Waals surface area contributed by atoms with Crippen molar-refractivity contribution in [1.82, 2.24) is 10.2 Å². The van der Waals surface area contributed by atoms with Crippen LogP contribution in [0.3, 0.4) is 0 Å². The fraction of sp³-hybridized carbons (Fsp3) is 0.273. The molecule has 1 atom stereocenters. The number of fused-ring (bicyclic) bond motifs is 1. The van der Waals surface area contributed by atoms with Gasteiger partial charge in [0.1, 0.15) is 18.6 Å². The van der Waals surface area contributed by atoms with Crippen LogP contribution in [0.25, 0.3) is 0 Å². The topological polar surface area (TPSA) is 98.8 Å². The summed E-state index contributed by atoms with van der Waals surface area (Å²) in [7, 11) is 0. The number of hydrogen-bond donors (Lipinski definition) is 2. The highest BCUT2D eigenvalue weighted by atomic mass is 16.2. The molecule has 2 N–H and O–H groups in total. The number of imide groups is 1. The maximum atomic E-state index is 13.3. The number of rotatable bonds is 5. The fourth-order valence-corrected chi connectivity index (χ4v) is 4.05. The first-order valence-electron chi connectivity index (χ1n) is 9.85. The number of benzene rings is 2. The molecule has 2 heterocycles. The van der Waals surface area contributed by atoms with E-state index in [4.69, 9.17) is 0 Å². The van der Waals surface area contributed by atoms with E-state index in [1.54, 1.807) is 36.4 Å². The van der Waals surface area contributed by atoms with E-state index in [-0.39, 0.29) is 12.5 Å². The normalized spacial score (nSPS) is 20.6. The van der Waals surface area contributed by atoms with E-state index >= 15 is 0 Å². The number of carbonyl (C=O) groups excluding carboxylic acids is 4. The maximum Gasteiger partial charge on any atom is 0.325 e. The third-order valence-electron chi connectivity index (χ3n) is 5.43. The Labute approximate surface area is 173 Å². The Morgan fingerprint density at radius 1 is 1.03 bits per heavy atom. The van der Waals surface area contributed by atoms with E-state index in [2.05, 4.69) is 10.6 Å². The van der Waals surface area contributed by atoms with Gasteiger partial charge in [-0.3, -0.25) is 24.2 Å². The number of urea groups is 1. The first-order chi connectivity index (χ1) is 14.5. The lowest BCUT2D eigenvalue weighted by atomic mass is 9.85. The number of carbonyl (C=O) groups is 4. The van der Waals surface area contributed by atoms with Gasteiger partial charge < -0.3 is 10.6 Å². The van der Waals surface area contributed by atoms with Crippen molar-refractivity contribution in [2.45, 2.75) is 25.3 Å². The van der Waals surface area contributed by atoms with Crippen molar-refractivity contribution in [2.75, 3.05) is 23.3 Å². The second-order valence-electron chi connectivity index (χ2n) is 7.39. The Morgan fingerprint density at radius 3 is 2.47 bits per heavy atom. The van der Waals surface area contributed by atoms with Crippen LogP contribution in [-0.2, 0) is 19.9 Å². The lowest BCUT2D eigenvalue weighted by Crippen LogP contribution is -2.48. The van der Waals surface area contributed by atoms with Gasteiger partial charge in [-0.25, -0.2) is 4.79 Å². The predicted molar refractivity (Wildman–Crippen MR) is 111 cm³/mol. The molecular formula is C22H22N4O4. The van der Waals surface area contributed by atoms with Gasteiger partial charge in [-0.15, -0.1) is 0 Å². The van der Waals surface area contributed by atoms with Gasteiger partial charge >= 0.3 is 6.03 Å². The molecule has 8 heteroatoms. The molecule has 0 aromatic heterocycles. The van der Waals surface area contributed by atoms with Crippen molar-refractivity contribution in [2.24, 2.45) is 0 Å². The summed E-state index contributed by atoms with van der Waals surface area (Å²) < 4.78 is 0. The minimum Gasteiger partial charge on any atom is -0.323 e. The average Bonchev–Trinajstić information content (AvgIpc) is 2.99. The molecular weight excluding hydrogens is 384 g/mol. The van der Waals surface area contributed by atoms with Crippen molar-refractivity contribution < 1.29 is 19.2 Å². The van der Waals surface area contributed by atoms with Crippen LogP contribution < -0.4 is 15.5 Å². The van der Waals surface area contributed by atoms with Crippen molar-refractivity contribution in [1.29, 1.82) is 0 Å². The van der Waals surface area contributed by atoms with E-state index in [1.807, 2.05) is 25.1 Å². The molecule has 5 amide bonds. The SMILES string of the molecule is CCC[C@]1(c2ccccc2)NC(=O)N(CC(=O)N2CC(=O)Nc3ccccc32)C1=O. The van der Waals surface area contributed by atoms with Crippen LogP contribution in [0.15, 0.2) is 54.6 Å². The molecule has 154 valence electrons. The minimum atomic E-state index is -1.19. The van der Waals surface area contributed by atoms with Gasteiger partial charge in [0, 0.05) is 0 Å². The first kappa shape index (κ1) is 19.6. The summed E-state index contributed by atoms with van der Waals surface area (Å²) in [6.45, 7) is 1.32. The summed E-state index contributed by atoms with van der Waals surface area (Å²) in [5.74, 6) is -1.28. The summed E-state index contributed by atoms with van der Waals surface area (Å²) in [6.07, 6.45) is 1.09. The third-order valence-corrected chi connectivity index (χ3v) is 5.43. The van der Waals surface area contributed by atoms with Crippen LogP contribution >= 0.6 is 0 Å². The van der Waals surface area contributed by atoms with Crippen LogP contribution in [0.4, 0.5) is 16.2 Å². The Bertz CT molecular complexity index is 1020. The van der Waals surface area contributed by atoms with Crippen molar-refractivity contribution in [3.63, 3.8) is 0 Å². The highest BCUT2D eigenvalue weighted by Crippen LogP contribution is 2.34. The first-order valence-corrected chi connectivity index (χ1v) is 9.85. The Kier molecular flexibility index (Phi) is 4.99. The van der Waals surface area contributed by atoms with E-state index in [0.717, 1.165) is 4.90 Å². The largest absolute Gasteiger partial charge is 0.325 e. The molecule has 0 bridgehead atoms. The number of nitrogens with one attached hydrogen (secondary N) is 2. The molecule has 1 saturated heterocycles. The molecule has 0 spiro atoms. The lowest BCUT2D eigenvalue weighted by Gasteiger charge is -2.30. The molecule has 30 heavy (non-hydrogen) atoms. The Hall–Kier alpha value is -3.68. The fourth-order valence-electron chi connectivity index (χ4n) is 4.05. The monoisotopic (exact) mass is 406 g/mol. The molecule has 0 saturated carbocycles. The van der Waals surface area contributed by atoms with Crippen molar-refractivity contribution in [3.05, 3.63) is 60.2 Å². The molecule has 1 fully saturated rings. The van der Waals surface area contributed by atoms with Crippen LogP contribution in [0.5, 0.6) is 0 Å². The van der Waals surface area contributed by atoms with Crippen LogP contribution in [0.2, 0.25) is 0 Å². The molecule has 2 aliphatic rings. The smallest absolute Gasteiger partial charge is 0.323 e. The zero-order valence-corrected chi connectivity index (χ0v) is 16.6. The Balaban J connectivity index is 1.61. The number of para-hydroxylation sites is 2. The van der Waals surface area contributed by atoms with Gasteiger partial charge in [-0.05, 0) is 24.1 Å². The molecule has 2 aromatic carbocycles. The standard InChI is InChI=1S/C22H22N4O4/c1-2-12-22(15-8-4-3-5-9-15)20(29)26(21(30)24-22)14-19(28)25-13-18(27)23-16-10-6-7-11-17(16)25/h3-11H,2,12-14H2,1H3,(H,23,27)(H,24,30)/t22-/m1/s1. The summed E-state index contributed by atoms with van der Waals surface area (Å²) in [6, 6.07) is 15.4. The number of amides is 5. The number of anilines is 2. The van der Waals surface area contributed by atoms with Gasteiger partial charge in [0.2, 0.25) is 11.8 Å². The zero-order valence-electron chi connectivity index (χ0n) is 16.6. The van der Waals surface area contributed by atoms with Crippen LogP contribution in [0.1, 0.15) is 25.3 Å². The quantitative estimate of drug-likeness (QED) is 0.744. The van der Waals surface area contributed by atoms with Gasteiger partial charge in [-0.1, -0.05) is 55.8 Å². The maximum absolute atomic E-state index is 13.3. The van der Waals surface area contributed by atoms with Crippen molar-refractivity contribution in [3.8, 4) is 0 Å². The van der Waals surface area contributed by atoms with Crippen LogP contribution in [0, 0.1) is 0 Å². The van der Waals surface area contributed by atoms with Gasteiger partial charge in [0.15, 0.2) is 0 Å². The minimum absolute atomic E-state index is 0.168. The molecule has 4 rings (SSSR count). The molecule has 0 unspecified atom stereocenters. The second-order valence-corrected chi connectivity index (χ2v) is 7.39. The van der Waals surface area contributed by atoms with Crippen molar-refractivity contribution >= 4 is 35.1 Å². The van der Waals surface area contributed by atoms with Gasteiger partial charge in [-0.2, -0.15) is 0 Å². The molecule has 2 aromatic rings. The number of hydrogen-bond acceptors (Lipinski definition) is 4. The lowest BCUT2D eigenvalue weighted by molar-refractivity contribution is -0.135. The summed E-state index contributed by atoms with van der Waals surface area (Å²) in [4.78, 5) is 53.4. The highest BCUT2D eigenvalue weighted by Gasteiger charge is 2.52. The van der Waals surface area contributed by atoms with Gasteiger partial charge in [0.05, 0.1) is 11.4 Å². The summed E-state index contributed by atoms with van der Waals surface area (Å²) in [5.41, 5.74) is 0.550. The summed E-state index contributed by atoms with van der Waals surface area (Å²) in [5, 5.41) is 5.52. The van der Waals surface area contributed by atoms with E-state index < -0.39 is 29.9 Å². The molecule has 8 nitrogen and oxygen atoms in total. The van der Waals surface area contributed by atoms with E-state index in [0.29, 0.717) is 29.8 Å². The molecule has 2 aliphatic heterocycles. The summed E-state index contributed by atoms with van der Waals surface area (Å²) >= 11 is 0. The zero-order chi connectivity index (χ0) is 21.3. The predicted octanol–water partition coefficient (Wildman–Crippen LogP) is 2.22. The molecule has 0 radical (unpaired) electrons.